The zero-order valence-electron chi connectivity index (χ0n) is 15.8. The van der Waals surface area contributed by atoms with Crippen molar-refractivity contribution in [1.82, 2.24) is 14.5 Å². The third-order valence-corrected chi connectivity index (χ3v) is 4.69. The highest BCUT2D eigenvalue weighted by Crippen LogP contribution is 2.13. The van der Waals surface area contributed by atoms with Gasteiger partial charge in [0, 0.05) is 38.2 Å². The van der Waals surface area contributed by atoms with Crippen LogP contribution in [0.1, 0.15) is 24.0 Å². The first-order chi connectivity index (χ1) is 13.4. The van der Waals surface area contributed by atoms with E-state index in [1.807, 2.05) is 19.1 Å². The molecule has 0 N–H and O–H groups in total. The van der Waals surface area contributed by atoms with Gasteiger partial charge in [-0.15, -0.1) is 0 Å². The molecule has 28 heavy (non-hydrogen) atoms. The van der Waals surface area contributed by atoms with E-state index in [1.165, 1.54) is 21.9 Å². The van der Waals surface area contributed by atoms with Crippen LogP contribution in [0.25, 0.3) is 10.9 Å². The van der Waals surface area contributed by atoms with Crippen LogP contribution in [0.3, 0.4) is 0 Å². The molecule has 3 aromatic rings. The molecule has 0 saturated heterocycles. The van der Waals surface area contributed by atoms with Gasteiger partial charge in [0.1, 0.15) is 11.6 Å². The summed E-state index contributed by atoms with van der Waals surface area (Å²) in [6.07, 6.45) is 2.16. The van der Waals surface area contributed by atoms with Gasteiger partial charge in [-0.25, -0.2) is 13.8 Å². The summed E-state index contributed by atoms with van der Waals surface area (Å²) in [5.74, 6) is -1.51. The molecule has 3 rings (SSSR count). The van der Waals surface area contributed by atoms with Gasteiger partial charge in [-0.2, -0.15) is 0 Å². The number of para-hydroxylation sites is 1. The topological polar surface area (TPSA) is 55.2 Å². The molecular weight excluding hydrogens is 364 g/mol. The molecule has 0 bridgehead atoms. The molecule has 0 aliphatic heterocycles. The maximum absolute atomic E-state index is 13.7. The van der Waals surface area contributed by atoms with Crippen LogP contribution in [-0.4, -0.2) is 27.4 Å². The number of halogens is 2. The zero-order valence-corrected chi connectivity index (χ0v) is 15.8. The van der Waals surface area contributed by atoms with E-state index >= 15 is 0 Å². The quantitative estimate of drug-likeness (QED) is 0.653. The summed E-state index contributed by atoms with van der Waals surface area (Å²) in [6.45, 7) is 2.32. The smallest absolute Gasteiger partial charge is 0.261 e. The van der Waals surface area contributed by atoms with Gasteiger partial charge in [0.25, 0.3) is 5.56 Å². The second kappa shape index (κ2) is 8.29. The average Bonchev–Trinajstić information content (AvgIpc) is 2.66. The lowest BCUT2D eigenvalue weighted by atomic mass is 10.1. The van der Waals surface area contributed by atoms with Crippen molar-refractivity contribution in [3.63, 3.8) is 0 Å². The highest BCUT2D eigenvalue weighted by atomic mass is 19.1. The summed E-state index contributed by atoms with van der Waals surface area (Å²) in [4.78, 5) is 30.6. The molecule has 2 aromatic carbocycles. The van der Waals surface area contributed by atoms with Gasteiger partial charge in [-0.1, -0.05) is 18.2 Å². The molecule has 1 amide bonds. The third kappa shape index (κ3) is 4.24. The summed E-state index contributed by atoms with van der Waals surface area (Å²) in [7, 11) is 1.57. The van der Waals surface area contributed by atoms with E-state index in [0.717, 1.165) is 17.7 Å². The predicted octanol–water partition coefficient (Wildman–Crippen LogP) is 3.42. The Hall–Kier alpha value is -3.09. The fraction of sp³-hybridized carbons (Fsp3) is 0.286. The molecule has 1 aromatic heterocycles. The Morgan fingerprint density at radius 1 is 1.21 bits per heavy atom. The van der Waals surface area contributed by atoms with Crippen LogP contribution in [0.15, 0.2) is 47.5 Å². The number of fused-ring (bicyclic) bond motifs is 1. The lowest BCUT2D eigenvalue weighted by Gasteiger charge is -2.18. The Morgan fingerprint density at radius 3 is 2.75 bits per heavy atom. The van der Waals surface area contributed by atoms with Gasteiger partial charge in [0.2, 0.25) is 5.91 Å². The standard InChI is InChI=1S/C21H21F2N3O2/c1-14-5-3-6-17-20(14)24-13-26(21(17)28)10-4-7-19(27)25(2)12-15-8-9-16(22)11-18(15)23/h3,5-6,8-9,11,13H,4,7,10,12H2,1-2H3. The Bertz CT molecular complexity index is 1080. The van der Waals surface area contributed by atoms with Crippen molar-refractivity contribution in [2.24, 2.45) is 0 Å². The van der Waals surface area contributed by atoms with Crippen molar-refractivity contribution in [2.45, 2.75) is 32.9 Å². The molecule has 0 aliphatic rings. The molecule has 7 heteroatoms. The Kier molecular flexibility index (Phi) is 5.82. The normalized spacial score (nSPS) is 11.0. The molecule has 1 heterocycles. The second-order valence-corrected chi connectivity index (χ2v) is 6.80. The van der Waals surface area contributed by atoms with E-state index in [4.69, 9.17) is 0 Å². The third-order valence-electron chi connectivity index (χ3n) is 4.69. The van der Waals surface area contributed by atoms with Crippen molar-refractivity contribution >= 4 is 16.8 Å². The van der Waals surface area contributed by atoms with Crippen LogP contribution >= 0.6 is 0 Å². The van der Waals surface area contributed by atoms with Gasteiger partial charge in [0.15, 0.2) is 0 Å². The molecule has 0 radical (unpaired) electrons. The van der Waals surface area contributed by atoms with Gasteiger partial charge in [-0.3, -0.25) is 14.2 Å². The number of nitrogens with zero attached hydrogens (tertiary/aromatic N) is 3. The summed E-state index contributed by atoms with van der Waals surface area (Å²) in [5, 5.41) is 0.553. The predicted molar refractivity (Wildman–Crippen MR) is 103 cm³/mol. The van der Waals surface area contributed by atoms with Gasteiger partial charge in [0.05, 0.1) is 17.2 Å². The molecule has 146 valence electrons. The minimum absolute atomic E-state index is 0.0572. The van der Waals surface area contributed by atoms with E-state index in [-0.39, 0.29) is 30.0 Å². The molecule has 0 aliphatic carbocycles. The number of benzene rings is 2. The van der Waals surface area contributed by atoms with Crippen LogP contribution in [-0.2, 0) is 17.9 Å². The first-order valence-corrected chi connectivity index (χ1v) is 8.99. The van der Waals surface area contributed by atoms with E-state index < -0.39 is 11.6 Å². The van der Waals surface area contributed by atoms with Crippen LogP contribution in [0.5, 0.6) is 0 Å². The van der Waals surface area contributed by atoms with E-state index in [9.17, 15) is 18.4 Å². The Morgan fingerprint density at radius 2 is 2.00 bits per heavy atom. The fourth-order valence-corrected chi connectivity index (χ4v) is 3.08. The van der Waals surface area contributed by atoms with Crippen LogP contribution in [0.2, 0.25) is 0 Å². The lowest BCUT2D eigenvalue weighted by Crippen LogP contribution is -2.27. The van der Waals surface area contributed by atoms with E-state index in [1.54, 1.807) is 13.1 Å². The van der Waals surface area contributed by atoms with Crippen molar-refractivity contribution < 1.29 is 13.6 Å². The molecule has 0 unspecified atom stereocenters. The van der Waals surface area contributed by atoms with Crippen molar-refractivity contribution in [2.75, 3.05) is 7.05 Å². The maximum Gasteiger partial charge on any atom is 0.261 e. The number of amides is 1. The highest BCUT2D eigenvalue weighted by molar-refractivity contribution is 5.80. The van der Waals surface area contributed by atoms with Gasteiger partial charge < -0.3 is 4.90 Å². The molecule has 0 atom stereocenters. The summed E-state index contributed by atoms with van der Waals surface area (Å²) >= 11 is 0. The summed E-state index contributed by atoms with van der Waals surface area (Å²) in [6, 6.07) is 8.75. The SMILES string of the molecule is Cc1cccc2c(=O)n(CCCC(=O)N(C)Cc3ccc(F)cc3F)cnc12. The number of aryl methyl sites for hydroxylation is 2. The van der Waals surface area contributed by atoms with E-state index in [0.29, 0.717) is 23.9 Å². The number of rotatable bonds is 6. The summed E-state index contributed by atoms with van der Waals surface area (Å²) < 4.78 is 28.2. The average molecular weight is 385 g/mol. The van der Waals surface area contributed by atoms with Crippen molar-refractivity contribution in [1.29, 1.82) is 0 Å². The lowest BCUT2D eigenvalue weighted by molar-refractivity contribution is -0.130. The van der Waals surface area contributed by atoms with Crippen LogP contribution in [0.4, 0.5) is 8.78 Å². The molecule has 0 saturated carbocycles. The number of hydrogen-bond donors (Lipinski definition) is 0. The van der Waals surface area contributed by atoms with Crippen LogP contribution in [0, 0.1) is 18.6 Å². The van der Waals surface area contributed by atoms with E-state index in [2.05, 4.69) is 4.98 Å². The zero-order chi connectivity index (χ0) is 20.3. The fourth-order valence-electron chi connectivity index (χ4n) is 3.08. The largest absolute Gasteiger partial charge is 0.341 e. The minimum atomic E-state index is -0.677. The molecule has 0 fully saturated rings. The molecular formula is C21H21F2N3O2. The van der Waals surface area contributed by atoms with Gasteiger partial charge in [-0.05, 0) is 31.0 Å². The molecule has 5 nitrogen and oxygen atoms in total. The number of aromatic nitrogens is 2. The minimum Gasteiger partial charge on any atom is -0.341 e. The molecule has 0 spiro atoms. The monoisotopic (exact) mass is 385 g/mol. The first-order valence-electron chi connectivity index (χ1n) is 8.99. The van der Waals surface area contributed by atoms with Crippen molar-refractivity contribution in [3.05, 3.63) is 75.8 Å². The van der Waals surface area contributed by atoms with Crippen LogP contribution < -0.4 is 5.56 Å². The second-order valence-electron chi connectivity index (χ2n) is 6.80. The number of carbonyl (C=O) groups is 1. The summed E-state index contributed by atoms with van der Waals surface area (Å²) in [5.41, 5.74) is 1.73. The Labute approximate surface area is 161 Å². The van der Waals surface area contributed by atoms with Crippen molar-refractivity contribution in [3.8, 4) is 0 Å². The highest BCUT2D eigenvalue weighted by Gasteiger charge is 2.13. The number of carbonyl (C=O) groups excluding carboxylic acids is 1. The first kappa shape index (κ1) is 19.7. The van der Waals surface area contributed by atoms with Gasteiger partial charge >= 0.3 is 0 Å². The number of hydrogen-bond acceptors (Lipinski definition) is 3. The maximum atomic E-state index is 13.7. The Balaban J connectivity index is 1.60.